The van der Waals surface area contributed by atoms with Crippen LogP contribution in [0.3, 0.4) is 0 Å². The van der Waals surface area contributed by atoms with E-state index in [2.05, 4.69) is 17.1 Å². The Morgan fingerprint density at radius 2 is 1.74 bits per heavy atom. The Bertz CT molecular complexity index is 1300. The quantitative estimate of drug-likeness (QED) is 0.506. The predicted octanol–water partition coefficient (Wildman–Crippen LogP) is 4.10. The molecule has 1 atom stereocenters. The van der Waals surface area contributed by atoms with Crippen LogP contribution in [0, 0.1) is 0 Å². The molecule has 0 unspecified atom stereocenters. The molecule has 178 valence electrons. The van der Waals surface area contributed by atoms with E-state index in [1.165, 1.54) is 43.7 Å². The zero-order valence-electron chi connectivity index (χ0n) is 18.9. The van der Waals surface area contributed by atoms with E-state index >= 15 is 0 Å². The Balaban J connectivity index is 1.25. The molecule has 1 aliphatic heterocycles. The SMILES string of the molecule is O=c1cc(CS(=O)(=O)c2ccccc2)n2c(n1)O[C@H](COc1ccc(C3CCCCC3)cc1)C2. The number of aromatic nitrogens is 2. The highest BCUT2D eigenvalue weighted by Crippen LogP contribution is 2.33. The molecule has 0 radical (unpaired) electrons. The summed E-state index contributed by atoms with van der Waals surface area (Å²) < 4.78 is 39.1. The Hall–Kier alpha value is -3.13. The highest BCUT2D eigenvalue weighted by molar-refractivity contribution is 7.90. The van der Waals surface area contributed by atoms with Crippen molar-refractivity contribution in [1.29, 1.82) is 0 Å². The first-order valence-corrected chi connectivity index (χ1v) is 13.4. The summed E-state index contributed by atoms with van der Waals surface area (Å²) in [6.45, 7) is 0.633. The molecular formula is C26H28N2O5S. The lowest BCUT2D eigenvalue weighted by Gasteiger charge is -2.22. The number of sulfone groups is 1. The van der Waals surface area contributed by atoms with Crippen LogP contribution in [-0.2, 0) is 22.1 Å². The largest absolute Gasteiger partial charge is 0.490 e. The molecule has 0 saturated heterocycles. The molecule has 3 aromatic rings. The van der Waals surface area contributed by atoms with Crippen molar-refractivity contribution in [3.63, 3.8) is 0 Å². The first-order valence-electron chi connectivity index (χ1n) is 11.8. The van der Waals surface area contributed by atoms with E-state index in [4.69, 9.17) is 9.47 Å². The lowest BCUT2D eigenvalue weighted by atomic mass is 9.84. The van der Waals surface area contributed by atoms with Crippen LogP contribution in [0.1, 0.15) is 49.3 Å². The first kappa shape index (κ1) is 22.7. The van der Waals surface area contributed by atoms with Crippen LogP contribution in [0.2, 0.25) is 0 Å². The summed E-state index contributed by atoms with van der Waals surface area (Å²) in [6.07, 6.45) is 6.07. The summed E-state index contributed by atoms with van der Waals surface area (Å²) >= 11 is 0. The minimum absolute atomic E-state index is 0.131. The van der Waals surface area contributed by atoms with Gasteiger partial charge in [-0.05, 0) is 48.6 Å². The zero-order chi connectivity index (χ0) is 23.5. The predicted molar refractivity (Wildman–Crippen MR) is 128 cm³/mol. The minimum atomic E-state index is -3.61. The van der Waals surface area contributed by atoms with Gasteiger partial charge in [-0.1, -0.05) is 49.6 Å². The molecule has 2 aromatic carbocycles. The van der Waals surface area contributed by atoms with Crippen molar-refractivity contribution >= 4 is 9.84 Å². The van der Waals surface area contributed by atoms with Gasteiger partial charge in [-0.15, -0.1) is 0 Å². The summed E-state index contributed by atoms with van der Waals surface area (Å²) in [4.78, 5) is 16.2. The summed E-state index contributed by atoms with van der Waals surface area (Å²) in [5.74, 6) is 1.10. The van der Waals surface area contributed by atoms with Crippen molar-refractivity contribution in [2.24, 2.45) is 0 Å². The molecule has 1 fully saturated rings. The topological polar surface area (TPSA) is 87.5 Å². The van der Waals surface area contributed by atoms with Crippen molar-refractivity contribution < 1.29 is 17.9 Å². The van der Waals surface area contributed by atoms with Gasteiger partial charge >= 0.3 is 6.01 Å². The van der Waals surface area contributed by atoms with Gasteiger partial charge in [0.15, 0.2) is 15.9 Å². The van der Waals surface area contributed by atoms with Crippen LogP contribution < -0.4 is 15.0 Å². The highest BCUT2D eigenvalue weighted by atomic mass is 32.2. The molecule has 0 bridgehead atoms. The number of fused-ring (bicyclic) bond motifs is 1. The third kappa shape index (κ3) is 5.01. The maximum atomic E-state index is 12.8. The molecular weight excluding hydrogens is 452 g/mol. The molecule has 2 aliphatic rings. The maximum absolute atomic E-state index is 12.8. The second-order valence-corrected chi connectivity index (χ2v) is 11.0. The van der Waals surface area contributed by atoms with Gasteiger partial charge in [0, 0.05) is 11.8 Å². The second kappa shape index (κ2) is 9.62. The van der Waals surface area contributed by atoms with E-state index < -0.39 is 15.4 Å². The van der Waals surface area contributed by atoms with E-state index in [-0.39, 0.29) is 29.4 Å². The molecule has 0 amide bonds. The van der Waals surface area contributed by atoms with Gasteiger partial charge in [0.2, 0.25) is 0 Å². The number of ether oxygens (including phenoxy) is 2. The van der Waals surface area contributed by atoms with Crippen LogP contribution in [0.5, 0.6) is 11.8 Å². The Labute approximate surface area is 199 Å². The van der Waals surface area contributed by atoms with E-state index in [9.17, 15) is 13.2 Å². The van der Waals surface area contributed by atoms with Crippen molar-refractivity contribution in [3.8, 4) is 11.8 Å². The van der Waals surface area contributed by atoms with Crippen molar-refractivity contribution in [2.75, 3.05) is 6.61 Å². The number of hydrogen-bond acceptors (Lipinski definition) is 6. The molecule has 2 heterocycles. The van der Waals surface area contributed by atoms with E-state index in [0.717, 1.165) is 5.75 Å². The standard InChI is InChI=1S/C26H28N2O5S/c29-25-15-21(18-34(30,31)24-9-5-2-6-10-24)28-16-23(33-26(28)27-25)17-32-22-13-11-20(12-14-22)19-7-3-1-4-8-19/h2,5-6,9-15,19,23H,1,3-4,7-8,16-18H2/t23-/m0/s1. The Kier molecular flexibility index (Phi) is 6.41. The maximum Gasteiger partial charge on any atom is 0.300 e. The number of benzene rings is 2. The lowest BCUT2D eigenvalue weighted by molar-refractivity contribution is 0.143. The van der Waals surface area contributed by atoms with Gasteiger partial charge < -0.3 is 9.47 Å². The van der Waals surface area contributed by atoms with Crippen LogP contribution >= 0.6 is 0 Å². The third-order valence-corrected chi connectivity index (χ3v) is 8.23. The number of hydrogen-bond donors (Lipinski definition) is 0. The lowest BCUT2D eigenvalue weighted by Crippen LogP contribution is -2.23. The summed E-state index contributed by atoms with van der Waals surface area (Å²) in [5.41, 5.74) is 1.20. The minimum Gasteiger partial charge on any atom is -0.490 e. The molecule has 1 saturated carbocycles. The first-order chi connectivity index (χ1) is 16.5. The summed E-state index contributed by atoms with van der Waals surface area (Å²) in [5, 5.41) is 0. The molecule has 0 spiro atoms. The zero-order valence-corrected chi connectivity index (χ0v) is 19.7. The van der Waals surface area contributed by atoms with Crippen LogP contribution in [0.4, 0.5) is 0 Å². The van der Waals surface area contributed by atoms with Gasteiger partial charge in [-0.3, -0.25) is 9.36 Å². The average molecular weight is 481 g/mol. The monoisotopic (exact) mass is 480 g/mol. The van der Waals surface area contributed by atoms with Crippen LogP contribution in [0.25, 0.3) is 0 Å². The molecule has 7 nitrogen and oxygen atoms in total. The average Bonchev–Trinajstić information content (AvgIpc) is 3.27. The molecule has 1 aliphatic carbocycles. The van der Waals surface area contributed by atoms with Gasteiger partial charge in [0.25, 0.3) is 5.56 Å². The number of rotatable bonds is 7. The van der Waals surface area contributed by atoms with Crippen molar-refractivity contribution in [1.82, 2.24) is 9.55 Å². The molecule has 34 heavy (non-hydrogen) atoms. The van der Waals surface area contributed by atoms with Gasteiger partial charge in [-0.25, -0.2) is 8.42 Å². The molecule has 1 aromatic heterocycles. The molecule has 8 heteroatoms. The fraction of sp³-hybridized carbons (Fsp3) is 0.385. The van der Waals surface area contributed by atoms with Gasteiger partial charge in [-0.2, -0.15) is 4.98 Å². The highest BCUT2D eigenvalue weighted by Gasteiger charge is 2.28. The number of nitrogens with zero attached hydrogens (tertiary/aromatic N) is 2. The van der Waals surface area contributed by atoms with Crippen LogP contribution in [-0.4, -0.2) is 30.7 Å². The molecule has 5 rings (SSSR count). The Morgan fingerprint density at radius 3 is 2.47 bits per heavy atom. The fourth-order valence-corrected chi connectivity index (χ4v) is 6.15. The van der Waals surface area contributed by atoms with Crippen LogP contribution in [0.15, 0.2) is 70.4 Å². The van der Waals surface area contributed by atoms with E-state index in [1.54, 1.807) is 34.9 Å². The third-order valence-electron chi connectivity index (χ3n) is 6.56. The summed E-state index contributed by atoms with van der Waals surface area (Å²) in [6, 6.07) is 17.9. The van der Waals surface area contributed by atoms with Gasteiger partial charge in [0.1, 0.15) is 12.4 Å². The summed E-state index contributed by atoms with van der Waals surface area (Å²) in [7, 11) is -3.61. The second-order valence-electron chi connectivity index (χ2n) is 9.01. The normalized spacial score (nSPS) is 18.3. The molecule has 0 N–H and O–H groups in total. The van der Waals surface area contributed by atoms with E-state index in [0.29, 0.717) is 18.2 Å². The fourth-order valence-electron chi connectivity index (χ4n) is 4.78. The van der Waals surface area contributed by atoms with Crippen molar-refractivity contribution in [3.05, 3.63) is 82.3 Å². The Morgan fingerprint density at radius 1 is 1.00 bits per heavy atom. The van der Waals surface area contributed by atoms with E-state index in [1.807, 2.05) is 12.1 Å². The smallest absolute Gasteiger partial charge is 0.300 e. The van der Waals surface area contributed by atoms with Crippen molar-refractivity contribution in [2.45, 2.75) is 61.3 Å². The van der Waals surface area contributed by atoms with Gasteiger partial charge in [0.05, 0.1) is 17.2 Å².